The lowest BCUT2D eigenvalue weighted by atomic mass is 9.91. The molecule has 1 N–H and O–H groups in total. The Morgan fingerprint density at radius 2 is 1.89 bits per heavy atom. The maximum Gasteiger partial charge on any atom is 0.0535 e. The minimum atomic E-state index is 0.0837. The number of hydrogen-bond donors (Lipinski definition) is 1. The van der Waals surface area contributed by atoms with E-state index in [-0.39, 0.29) is 5.54 Å². The first-order valence-corrected chi connectivity index (χ1v) is 7.47. The molecule has 19 heavy (non-hydrogen) atoms. The van der Waals surface area contributed by atoms with Gasteiger partial charge in [-0.3, -0.25) is 4.90 Å². The highest BCUT2D eigenvalue weighted by atomic mass is 15.2. The molecule has 2 heteroatoms. The number of nitrogens with zero attached hydrogens (tertiary/aromatic N) is 1. The molecule has 1 unspecified atom stereocenters. The van der Waals surface area contributed by atoms with E-state index >= 15 is 0 Å². The van der Waals surface area contributed by atoms with Crippen LogP contribution in [0.3, 0.4) is 0 Å². The second-order valence-electron chi connectivity index (χ2n) is 6.05. The predicted octanol–water partition coefficient (Wildman–Crippen LogP) is 2.92. The number of hydrogen-bond acceptors (Lipinski definition) is 2. The lowest BCUT2D eigenvalue weighted by Crippen LogP contribution is -2.48. The second kappa shape index (κ2) is 5.48. The summed E-state index contributed by atoms with van der Waals surface area (Å²) in [5, 5.41) is 3.77. The van der Waals surface area contributed by atoms with E-state index < -0.39 is 0 Å². The zero-order chi connectivity index (χ0) is 13.1. The van der Waals surface area contributed by atoms with E-state index in [9.17, 15) is 0 Å². The Morgan fingerprint density at radius 1 is 1.16 bits per heavy atom. The van der Waals surface area contributed by atoms with E-state index in [2.05, 4.69) is 59.6 Å². The van der Waals surface area contributed by atoms with E-state index in [4.69, 9.17) is 0 Å². The Kier molecular flexibility index (Phi) is 3.72. The molecule has 0 aromatic heterocycles. The molecule has 1 aliphatic heterocycles. The summed E-state index contributed by atoms with van der Waals surface area (Å²) in [5.41, 5.74) is 1.49. The van der Waals surface area contributed by atoms with Crippen molar-refractivity contribution in [2.75, 3.05) is 19.6 Å². The Hall–Kier alpha value is -1.12. The van der Waals surface area contributed by atoms with Gasteiger partial charge in [0.1, 0.15) is 0 Å². The molecule has 1 heterocycles. The van der Waals surface area contributed by atoms with Crippen molar-refractivity contribution in [1.82, 2.24) is 10.2 Å². The van der Waals surface area contributed by atoms with Crippen LogP contribution in [0.15, 0.2) is 42.5 Å². The van der Waals surface area contributed by atoms with Gasteiger partial charge < -0.3 is 5.32 Å². The maximum atomic E-state index is 3.77. The largest absolute Gasteiger partial charge is 0.307 e. The van der Waals surface area contributed by atoms with Crippen LogP contribution in [-0.4, -0.2) is 30.6 Å². The molecule has 102 valence electrons. The molecule has 0 bridgehead atoms. The van der Waals surface area contributed by atoms with Gasteiger partial charge in [-0.05, 0) is 44.8 Å². The Morgan fingerprint density at radius 3 is 2.63 bits per heavy atom. The highest BCUT2D eigenvalue weighted by molar-refractivity contribution is 5.24. The van der Waals surface area contributed by atoms with Crippen molar-refractivity contribution in [3.05, 3.63) is 48.0 Å². The van der Waals surface area contributed by atoms with Gasteiger partial charge in [0.15, 0.2) is 0 Å². The highest BCUT2D eigenvalue weighted by Gasteiger charge is 2.33. The first kappa shape index (κ1) is 12.9. The summed E-state index contributed by atoms with van der Waals surface area (Å²) in [6.45, 7) is 5.80. The van der Waals surface area contributed by atoms with Crippen LogP contribution >= 0.6 is 0 Å². The first-order valence-electron chi connectivity index (χ1n) is 7.47. The molecule has 2 aliphatic rings. The number of benzene rings is 1. The maximum absolute atomic E-state index is 3.77. The minimum Gasteiger partial charge on any atom is -0.307 e. The van der Waals surface area contributed by atoms with Crippen molar-refractivity contribution in [1.29, 1.82) is 0 Å². The van der Waals surface area contributed by atoms with Gasteiger partial charge in [-0.15, -0.1) is 0 Å². The van der Waals surface area contributed by atoms with E-state index in [0.29, 0.717) is 0 Å². The van der Waals surface area contributed by atoms with Crippen molar-refractivity contribution >= 4 is 0 Å². The van der Waals surface area contributed by atoms with Crippen LogP contribution in [0.4, 0.5) is 0 Å². The van der Waals surface area contributed by atoms with Crippen LogP contribution in [0.25, 0.3) is 0 Å². The molecule has 2 nitrogen and oxygen atoms in total. The van der Waals surface area contributed by atoms with Gasteiger partial charge in [-0.2, -0.15) is 0 Å². The van der Waals surface area contributed by atoms with Crippen LogP contribution in [-0.2, 0) is 5.54 Å². The zero-order valence-corrected chi connectivity index (χ0v) is 11.8. The minimum absolute atomic E-state index is 0.0837. The summed E-state index contributed by atoms with van der Waals surface area (Å²) in [5.74, 6) is 0. The van der Waals surface area contributed by atoms with Crippen LogP contribution in [0.1, 0.15) is 31.7 Å². The quantitative estimate of drug-likeness (QED) is 0.819. The van der Waals surface area contributed by atoms with Crippen LogP contribution in [0.5, 0.6) is 0 Å². The van der Waals surface area contributed by atoms with Crippen molar-refractivity contribution in [3.63, 3.8) is 0 Å². The molecule has 1 aliphatic carbocycles. The Labute approximate surface area is 116 Å². The SMILES string of the molecule is CC1(c2ccccc2)CN(C2CC=CC2)CCCN1. The third-order valence-electron chi connectivity index (χ3n) is 4.57. The smallest absolute Gasteiger partial charge is 0.0535 e. The van der Waals surface area contributed by atoms with Crippen molar-refractivity contribution in [2.45, 2.75) is 37.8 Å². The summed E-state index contributed by atoms with van der Waals surface area (Å²) < 4.78 is 0. The van der Waals surface area contributed by atoms with E-state index in [1.807, 2.05) is 0 Å². The number of nitrogens with one attached hydrogen (secondary N) is 1. The van der Waals surface area contributed by atoms with Gasteiger partial charge in [0.25, 0.3) is 0 Å². The molecule has 0 spiro atoms. The Balaban J connectivity index is 1.80. The molecule has 1 aromatic rings. The van der Waals surface area contributed by atoms with Gasteiger partial charge in [0, 0.05) is 12.6 Å². The predicted molar refractivity (Wildman–Crippen MR) is 80.1 cm³/mol. The van der Waals surface area contributed by atoms with Gasteiger partial charge >= 0.3 is 0 Å². The van der Waals surface area contributed by atoms with E-state index in [1.54, 1.807) is 0 Å². The van der Waals surface area contributed by atoms with Gasteiger partial charge in [-0.1, -0.05) is 42.5 Å². The molecule has 0 saturated carbocycles. The van der Waals surface area contributed by atoms with Crippen LogP contribution < -0.4 is 5.32 Å². The lowest BCUT2D eigenvalue weighted by molar-refractivity contribution is 0.167. The fourth-order valence-corrected chi connectivity index (χ4v) is 3.40. The topological polar surface area (TPSA) is 15.3 Å². The molecule has 1 fully saturated rings. The molecule has 0 amide bonds. The standard InChI is InChI=1S/C17H24N2/c1-17(15-8-3-2-4-9-15)14-19(13-7-12-18-17)16-10-5-6-11-16/h2-6,8-9,16,18H,7,10-14H2,1H3. The van der Waals surface area contributed by atoms with Crippen LogP contribution in [0, 0.1) is 0 Å². The van der Waals surface area contributed by atoms with Crippen molar-refractivity contribution in [3.8, 4) is 0 Å². The second-order valence-corrected chi connectivity index (χ2v) is 6.05. The monoisotopic (exact) mass is 256 g/mol. The lowest BCUT2D eigenvalue weighted by Gasteiger charge is -2.37. The summed E-state index contributed by atoms with van der Waals surface area (Å²) in [7, 11) is 0. The van der Waals surface area contributed by atoms with Crippen molar-refractivity contribution < 1.29 is 0 Å². The average molecular weight is 256 g/mol. The highest BCUT2D eigenvalue weighted by Crippen LogP contribution is 2.27. The fraction of sp³-hybridized carbons (Fsp3) is 0.529. The molecule has 1 atom stereocenters. The number of rotatable bonds is 2. The third kappa shape index (κ3) is 2.75. The third-order valence-corrected chi connectivity index (χ3v) is 4.57. The summed E-state index contributed by atoms with van der Waals surface area (Å²) in [6, 6.07) is 11.6. The van der Waals surface area contributed by atoms with Crippen molar-refractivity contribution in [2.24, 2.45) is 0 Å². The fourth-order valence-electron chi connectivity index (χ4n) is 3.40. The molecular weight excluding hydrogens is 232 g/mol. The summed E-state index contributed by atoms with van der Waals surface area (Å²) >= 11 is 0. The first-order chi connectivity index (χ1) is 9.28. The molecule has 1 saturated heterocycles. The summed E-state index contributed by atoms with van der Waals surface area (Å²) in [6.07, 6.45) is 8.38. The molecule has 1 aromatic carbocycles. The average Bonchev–Trinajstić information content (AvgIpc) is 2.90. The van der Waals surface area contributed by atoms with Crippen LogP contribution in [0.2, 0.25) is 0 Å². The normalized spacial score (nSPS) is 29.5. The van der Waals surface area contributed by atoms with Gasteiger partial charge in [0.2, 0.25) is 0 Å². The van der Waals surface area contributed by atoms with E-state index in [0.717, 1.165) is 19.1 Å². The van der Waals surface area contributed by atoms with Gasteiger partial charge in [0.05, 0.1) is 5.54 Å². The molecule has 0 radical (unpaired) electrons. The molecule has 3 rings (SSSR count). The Bertz CT molecular complexity index is 432. The zero-order valence-electron chi connectivity index (χ0n) is 11.8. The van der Waals surface area contributed by atoms with E-state index in [1.165, 1.54) is 31.4 Å². The summed E-state index contributed by atoms with van der Waals surface area (Å²) in [4.78, 5) is 2.69. The molecular formula is C17H24N2. The van der Waals surface area contributed by atoms with Gasteiger partial charge in [-0.25, -0.2) is 0 Å².